The highest BCUT2D eigenvalue weighted by atomic mass is 16.6. The first kappa shape index (κ1) is 64.4. The Hall–Kier alpha value is -1.59. The van der Waals surface area contributed by atoms with Crippen LogP contribution in [-0.4, -0.2) is 37.2 Å². The topological polar surface area (TPSA) is 78.9 Å². The molecule has 0 N–H and O–H groups in total. The van der Waals surface area contributed by atoms with Gasteiger partial charge in [-0.2, -0.15) is 0 Å². The molecule has 0 aromatic rings. The van der Waals surface area contributed by atoms with Gasteiger partial charge < -0.3 is 14.2 Å². The van der Waals surface area contributed by atoms with Gasteiger partial charge in [-0.15, -0.1) is 0 Å². The molecule has 0 spiro atoms. The van der Waals surface area contributed by atoms with E-state index in [-0.39, 0.29) is 31.1 Å². The number of carbonyl (C=O) groups excluding carboxylic acids is 3. The van der Waals surface area contributed by atoms with Crippen molar-refractivity contribution in [2.75, 3.05) is 13.2 Å². The number of esters is 3. The Labute approximate surface area is 412 Å². The molecule has 66 heavy (non-hydrogen) atoms. The highest BCUT2D eigenvalue weighted by Gasteiger charge is 2.19. The molecule has 0 bridgehead atoms. The number of carbonyl (C=O) groups is 3. The van der Waals surface area contributed by atoms with E-state index in [1.54, 1.807) is 0 Å². The van der Waals surface area contributed by atoms with Crippen LogP contribution >= 0.6 is 0 Å². The summed E-state index contributed by atoms with van der Waals surface area (Å²) in [6.45, 7) is 11.4. The fraction of sp³-hybridized carbons (Fsp3) is 0.950. The Bertz CT molecular complexity index is 1010. The lowest BCUT2D eigenvalue weighted by Gasteiger charge is -2.18. The van der Waals surface area contributed by atoms with Crippen molar-refractivity contribution in [1.82, 2.24) is 0 Å². The molecule has 0 fully saturated rings. The maximum atomic E-state index is 12.9. The van der Waals surface area contributed by atoms with Crippen LogP contribution in [0.4, 0.5) is 0 Å². The average Bonchev–Trinajstić information content (AvgIpc) is 3.30. The zero-order chi connectivity index (χ0) is 48.2. The SMILES string of the molecule is CCCCCCCCCCCCCCCCCCCCCC(=O)OC[C@H](COC(=O)CCCCCCCCC(C)CC)OC(=O)CCCCCCCCCCCCCCCCCCC(C)C. The molecule has 0 aliphatic rings. The molecule has 0 heterocycles. The molecule has 0 aromatic heterocycles. The number of rotatable bonds is 54. The summed E-state index contributed by atoms with van der Waals surface area (Å²) in [7, 11) is 0. The van der Waals surface area contributed by atoms with Crippen LogP contribution in [0.2, 0.25) is 0 Å². The molecule has 2 atom stereocenters. The molecule has 0 saturated carbocycles. The number of ether oxygens (including phenoxy) is 3. The van der Waals surface area contributed by atoms with Gasteiger partial charge in [-0.25, -0.2) is 0 Å². The van der Waals surface area contributed by atoms with Crippen molar-refractivity contribution in [2.24, 2.45) is 11.8 Å². The van der Waals surface area contributed by atoms with E-state index in [2.05, 4.69) is 34.6 Å². The first-order valence-corrected chi connectivity index (χ1v) is 29.8. The summed E-state index contributed by atoms with van der Waals surface area (Å²) in [6, 6.07) is 0. The molecule has 6 heteroatoms. The molecule has 0 aliphatic carbocycles. The monoisotopic (exact) mass is 933 g/mol. The van der Waals surface area contributed by atoms with E-state index in [4.69, 9.17) is 14.2 Å². The minimum Gasteiger partial charge on any atom is -0.462 e. The van der Waals surface area contributed by atoms with Gasteiger partial charge in [-0.3, -0.25) is 14.4 Å². The van der Waals surface area contributed by atoms with Gasteiger partial charge in [0.15, 0.2) is 6.10 Å². The fourth-order valence-electron chi connectivity index (χ4n) is 9.20. The number of hydrogen-bond acceptors (Lipinski definition) is 6. The summed E-state index contributed by atoms with van der Waals surface area (Å²) in [6.07, 6.45) is 56.8. The van der Waals surface area contributed by atoms with E-state index >= 15 is 0 Å². The summed E-state index contributed by atoms with van der Waals surface area (Å²) in [4.78, 5) is 38.1. The van der Waals surface area contributed by atoms with Gasteiger partial charge in [0.05, 0.1) is 0 Å². The van der Waals surface area contributed by atoms with Crippen molar-refractivity contribution < 1.29 is 28.6 Å². The minimum absolute atomic E-state index is 0.0633. The molecule has 0 saturated heterocycles. The van der Waals surface area contributed by atoms with Crippen molar-refractivity contribution in [1.29, 1.82) is 0 Å². The molecule has 0 aromatic carbocycles. The minimum atomic E-state index is -0.763. The van der Waals surface area contributed by atoms with Gasteiger partial charge in [0.1, 0.15) is 13.2 Å². The van der Waals surface area contributed by atoms with Gasteiger partial charge in [-0.05, 0) is 31.1 Å². The van der Waals surface area contributed by atoms with Crippen LogP contribution in [0.15, 0.2) is 0 Å². The molecule has 0 aliphatic heterocycles. The number of hydrogen-bond donors (Lipinski definition) is 0. The van der Waals surface area contributed by atoms with E-state index in [0.29, 0.717) is 19.3 Å². The third-order valence-corrected chi connectivity index (χ3v) is 14.1. The van der Waals surface area contributed by atoms with E-state index < -0.39 is 6.10 Å². The largest absolute Gasteiger partial charge is 0.462 e. The summed E-state index contributed by atoms with van der Waals surface area (Å²) in [5.74, 6) is 0.824. The highest BCUT2D eigenvalue weighted by molar-refractivity contribution is 5.71. The maximum Gasteiger partial charge on any atom is 0.306 e. The summed E-state index contributed by atoms with van der Waals surface area (Å²) in [5, 5.41) is 0. The van der Waals surface area contributed by atoms with Crippen LogP contribution in [0, 0.1) is 11.8 Å². The molecule has 0 amide bonds. The molecular formula is C60H116O6. The Morgan fingerprint density at radius 3 is 0.864 bits per heavy atom. The van der Waals surface area contributed by atoms with Crippen LogP contribution in [0.25, 0.3) is 0 Å². The van der Waals surface area contributed by atoms with E-state index in [0.717, 1.165) is 69.6 Å². The molecule has 1 unspecified atom stereocenters. The second-order valence-electron chi connectivity index (χ2n) is 21.4. The number of unbranched alkanes of at least 4 members (excludes halogenated alkanes) is 38. The zero-order valence-electron chi connectivity index (χ0n) is 45.3. The summed E-state index contributed by atoms with van der Waals surface area (Å²) >= 11 is 0. The Morgan fingerprint density at radius 2 is 0.576 bits per heavy atom. The van der Waals surface area contributed by atoms with Gasteiger partial charge in [0.25, 0.3) is 0 Å². The Balaban J connectivity index is 4.23. The molecule has 392 valence electrons. The maximum absolute atomic E-state index is 12.9. The molecule has 6 nitrogen and oxygen atoms in total. The third-order valence-electron chi connectivity index (χ3n) is 14.1. The van der Waals surface area contributed by atoms with Crippen molar-refractivity contribution in [2.45, 2.75) is 343 Å². The molecular weight excluding hydrogens is 817 g/mol. The Kier molecular flexibility index (Phi) is 51.5. The van der Waals surface area contributed by atoms with Gasteiger partial charge in [0, 0.05) is 19.3 Å². The first-order chi connectivity index (χ1) is 32.3. The first-order valence-electron chi connectivity index (χ1n) is 29.8. The van der Waals surface area contributed by atoms with Gasteiger partial charge >= 0.3 is 17.9 Å². The lowest BCUT2D eigenvalue weighted by Crippen LogP contribution is -2.30. The van der Waals surface area contributed by atoms with Crippen LogP contribution in [-0.2, 0) is 28.6 Å². The lowest BCUT2D eigenvalue weighted by molar-refractivity contribution is -0.167. The predicted molar refractivity (Wildman–Crippen MR) is 284 cm³/mol. The lowest BCUT2D eigenvalue weighted by atomic mass is 10.00. The normalized spacial score (nSPS) is 12.5. The van der Waals surface area contributed by atoms with E-state index in [1.807, 2.05) is 0 Å². The van der Waals surface area contributed by atoms with E-state index in [1.165, 1.54) is 225 Å². The van der Waals surface area contributed by atoms with Gasteiger partial charge in [0.2, 0.25) is 0 Å². The quantitative estimate of drug-likeness (QED) is 0.0343. The average molecular weight is 934 g/mol. The zero-order valence-corrected chi connectivity index (χ0v) is 45.3. The third kappa shape index (κ3) is 51.8. The summed E-state index contributed by atoms with van der Waals surface area (Å²) < 4.78 is 16.9. The van der Waals surface area contributed by atoms with Gasteiger partial charge in [-0.1, -0.05) is 298 Å². The van der Waals surface area contributed by atoms with Crippen molar-refractivity contribution in [3.8, 4) is 0 Å². The van der Waals surface area contributed by atoms with Crippen LogP contribution in [0.5, 0.6) is 0 Å². The smallest absolute Gasteiger partial charge is 0.306 e. The highest BCUT2D eigenvalue weighted by Crippen LogP contribution is 2.19. The van der Waals surface area contributed by atoms with Crippen molar-refractivity contribution in [3.05, 3.63) is 0 Å². The van der Waals surface area contributed by atoms with Crippen molar-refractivity contribution in [3.63, 3.8) is 0 Å². The van der Waals surface area contributed by atoms with Crippen LogP contribution in [0.3, 0.4) is 0 Å². The molecule has 0 rings (SSSR count). The van der Waals surface area contributed by atoms with Crippen LogP contribution in [0.1, 0.15) is 336 Å². The summed E-state index contributed by atoms with van der Waals surface area (Å²) in [5.41, 5.74) is 0. The predicted octanol–water partition coefficient (Wildman–Crippen LogP) is 19.7. The standard InChI is InChI=1S/C60H116O6/c1-6-8-9-10-11-12-13-14-15-16-17-18-22-25-28-31-34-40-45-50-58(61)64-53-57(54-65-59(62)51-46-41-37-36-39-44-49-56(5)7-2)66-60(63)52-47-42-35-32-29-26-23-20-19-21-24-27-30-33-38-43-48-55(3)4/h55-57H,6-54H2,1-5H3/t56?,57-/m1/s1. The molecule has 0 radical (unpaired) electrons. The van der Waals surface area contributed by atoms with E-state index in [9.17, 15) is 14.4 Å². The Morgan fingerprint density at radius 1 is 0.318 bits per heavy atom. The fourth-order valence-corrected chi connectivity index (χ4v) is 9.20. The second kappa shape index (κ2) is 52.8. The van der Waals surface area contributed by atoms with Crippen LogP contribution < -0.4 is 0 Å². The van der Waals surface area contributed by atoms with Crippen molar-refractivity contribution >= 4 is 17.9 Å². The second-order valence-corrected chi connectivity index (χ2v) is 21.4.